The van der Waals surface area contributed by atoms with Gasteiger partial charge in [-0.05, 0) is 6.92 Å². The molecule has 0 radical (unpaired) electrons. The summed E-state index contributed by atoms with van der Waals surface area (Å²) in [6, 6.07) is 0. The van der Waals surface area contributed by atoms with Gasteiger partial charge in [-0.15, -0.1) is 0 Å². The summed E-state index contributed by atoms with van der Waals surface area (Å²) in [6.07, 6.45) is 3.01. The highest BCUT2D eigenvalue weighted by atomic mass is 32.2. The highest BCUT2D eigenvalue weighted by Gasteiger charge is 2.10. The van der Waals surface area contributed by atoms with Gasteiger partial charge in [0.15, 0.2) is 5.16 Å². The molecule has 0 aliphatic rings. The Kier molecular flexibility index (Phi) is 4.08. The number of hydrogen-bond acceptors (Lipinski definition) is 7. The van der Waals surface area contributed by atoms with Crippen molar-refractivity contribution in [1.29, 1.82) is 0 Å². The van der Waals surface area contributed by atoms with Crippen LogP contribution < -0.4 is 5.32 Å². The van der Waals surface area contributed by atoms with Crippen molar-refractivity contribution in [2.24, 2.45) is 0 Å². The van der Waals surface area contributed by atoms with Crippen LogP contribution >= 0.6 is 11.8 Å². The number of nitrogens with one attached hydrogen (secondary N) is 1. The van der Waals surface area contributed by atoms with Gasteiger partial charge in [0.2, 0.25) is 5.95 Å². The molecule has 0 saturated heterocycles. The van der Waals surface area contributed by atoms with E-state index in [9.17, 15) is 0 Å². The molecule has 8 heteroatoms. The Balaban J connectivity index is 2.36. The highest BCUT2D eigenvalue weighted by molar-refractivity contribution is 7.99. The van der Waals surface area contributed by atoms with Gasteiger partial charge in [0.1, 0.15) is 12.7 Å². The fraction of sp³-hybridized carbons (Fsp3) is 0.500. The summed E-state index contributed by atoms with van der Waals surface area (Å²) in [5, 5.41) is 8.20. The molecule has 18 heavy (non-hydrogen) atoms. The lowest BCUT2D eigenvalue weighted by Crippen LogP contribution is -2.10. The normalized spacial score (nSPS) is 10.9. The molecular formula is C10H15N7S. The van der Waals surface area contributed by atoms with E-state index in [2.05, 4.69) is 44.2 Å². The zero-order valence-electron chi connectivity index (χ0n) is 10.5. The predicted octanol–water partition coefficient (Wildman–Crippen LogP) is 1.38. The maximum atomic E-state index is 4.36. The zero-order valence-corrected chi connectivity index (χ0v) is 11.3. The fourth-order valence-corrected chi connectivity index (χ4v) is 1.96. The average Bonchev–Trinajstić information content (AvgIpc) is 2.81. The largest absolute Gasteiger partial charge is 0.354 e. The van der Waals surface area contributed by atoms with Crippen LogP contribution in [0.25, 0.3) is 5.95 Å². The van der Waals surface area contributed by atoms with Crippen LogP contribution in [0.15, 0.2) is 17.8 Å². The van der Waals surface area contributed by atoms with Crippen LogP contribution in [0.3, 0.4) is 0 Å². The average molecular weight is 265 g/mol. The van der Waals surface area contributed by atoms with Crippen LogP contribution in [0, 0.1) is 0 Å². The number of nitrogens with zero attached hydrogens (tertiary/aromatic N) is 6. The van der Waals surface area contributed by atoms with Gasteiger partial charge in [0.05, 0.1) is 0 Å². The third kappa shape index (κ3) is 3.16. The van der Waals surface area contributed by atoms with Crippen molar-refractivity contribution in [2.45, 2.75) is 31.2 Å². The van der Waals surface area contributed by atoms with Gasteiger partial charge >= 0.3 is 0 Å². The molecule has 7 nitrogen and oxygen atoms in total. The van der Waals surface area contributed by atoms with Crippen LogP contribution in [0.5, 0.6) is 0 Å². The number of anilines is 1. The second kappa shape index (κ2) is 5.76. The number of hydrogen-bond donors (Lipinski definition) is 1. The van der Waals surface area contributed by atoms with Gasteiger partial charge in [0, 0.05) is 11.8 Å². The minimum atomic E-state index is 0.408. The Hall–Kier alpha value is -1.70. The predicted molar refractivity (Wildman–Crippen MR) is 69.9 cm³/mol. The Morgan fingerprint density at radius 3 is 2.78 bits per heavy atom. The maximum Gasteiger partial charge on any atom is 0.257 e. The summed E-state index contributed by atoms with van der Waals surface area (Å²) in [5.74, 6) is 1.03. The quantitative estimate of drug-likeness (QED) is 0.818. The van der Waals surface area contributed by atoms with Crippen molar-refractivity contribution >= 4 is 17.7 Å². The number of rotatable bonds is 5. The van der Waals surface area contributed by atoms with Crippen LogP contribution in [0.1, 0.15) is 20.8 Å². The summed E-state index contributed by atoms with van der Waals surface area (Å²) in [6.45, 7) is 6.94. The minimum absolute atomic E-state index is 0.408. The first kappa shape index (κ1) is 12.7. The van der Waals surface area contributed by atoms with E-state index >= 15 is 0 Å². The van der Waals surface area contributed by atoms with Crippen LogP contribution in [0.2, 0.25) is 0 Å². The van der Waals surface area contributed by atoms with Crippen LogP contribution in [-0.2, 0) is 0 Å². The van der Waals surface area contributed by atoms with E-state index in [1.807, 2.05) is 6.92 Å². The molecule has 2 aromatic heterocycles. The van der Waals surface area contributed by atoms with E-state index in [0.29, 0.717) is 22.3 Å². The lowest BCUT2D eigenvalue weighted by Gasteiger charge is -2.08. The molecular weight excluding hydrogens is 250 g/mol. The first-order valence-corrected chi connectivity index (χ1v) is 6.58. The maximum absolute atomic E-state index is 4.36. The van der Waals surface area contributed by atoms with Crippen molar-refractivity contribution in [1.82, 2.24) is 29.7 Å². The Morgan fingerprint density at radius 2 is 2.17 bits per heavy atom. The summed E-state index contributed by atoms with van der Waals surface area (Å²) in [5.41, 5.74) is 0. The van der Waals surface area contributed by atoms with E-state index in [0.717, 1.165) is 6.54 Å². The second-order valence-electron chi connectivity index (χ2n) is 3.78. The van der Waals surface area contributed by atoms with Crippen molar-refractivity contribution < 1.29 is 0 Å². The number of thioether (sulfide) groups is 1. The van der Waals surface area contributed by atoms with Crippen molar-refractivity contribution in [3.8, 4) is 5.95 Å². The van der Waals surface area contributed by atoms with Gasteiger partial charge in [-0.3, -0.25) is 0 Å². The monoisotopic (exact) mass is 265 g/mol. The Labute approximate surface area is 109 Å². The molecule has 0 saturated carbocycles. The topological polar surface area (TPSA) is 81.4 Å². The number of aromatic nitrogens is 6. The fourth-order valence-electron chi connectivity index (χ4n) is 1.26. The molecule has 0 amide bonds. The van der Waals surface area contributed by atoms with Crippen molar-refractivity contribution in [3.63, 3.8) is 0 Å². The molecule has 0 aliphatic carbocycles. The van der Waals surface area contributed by atoms with Gasteiger partial charge in [0.25, 0.3) is 5.95 Å². The molecule has 1 N–H and O–H groups in total. The molecule has 0 unspecified atom stereocenters. The molecule has 0 bridgehead atoms. The van der Waals surface area contributed by atoms with Crippen molar-refractivity contribution in [3.05, 3.63) is 12.7 Å². The van der Waals surface area contributed by atoms with Gasteiger partial charge in [-0.2, -0.15) is 24.7 Å². The molecule has 0 aromatic carbocycles. The molecule has 2 heterocycles. The summed E-state index contributed by atoms with van der Waals surface area (Å²) < 4.78 is 1.52. The first-order valence-electron chi connectivity index (χ1n) is 5.70. The smallest absolute Gasteiger partial charge is 0.257 e. The molecule has 0 fully saturated rings. The third-order valence-corrected chi connectivity index (χ3v) is 2.77. The van der Waals surface area contributed by atoms with Gasteiger partial charge in [-0.25, -0.2) is 4.98 Å². The van der Waals surface area contributed by atoms with E-state index < -0.39 is 0 Å². The molecule has 0 spiro atoms. The summed E-state index contributed by atoms with van der Waals surface area (Å²) in [4.78, 5) is 16.9. The standard InChI is InChI=1S/C10H15N7S/c1-4-12-8-14-9(17-6-11-5-13-17)16-10(15-8)18-7(2)3/h5-7H,4H2,1-3H3,(H,12,14,15,16). The molecule has 0 aliphatic heterocycles. The van der Waals surface area contributed by atoms with E-state index in [4.69, 9.17) is 0 Å². The van der Waals surface area contributed by atoms with E-state index in [-0.39, 0.29) is 0 Å². The third-order valence-electron chi connectivity index (χ3n) is 1.90. The summed E-state index contributed by atoms with van der Waals surface area (Å²) in [7, 11) is 0. The van der Waals surface area contributed by atoms with Crippen LogP contribution in [0.4, 0.5) is 5.95 Å². The molecule has 2 rings (SSSR count). The highest BCUT2D eigenvalue weighted by Crippen LogP contribution is 2.20. The van der Waals surface area contributed by atoms with Gasteiger partial charge in [-0.1, -0.05) is 25.6 Å². The first-order chi connectivity index (χ1) is 8.69. The van der Waals surface area contributed by atoms with E-state index in [1.54, 1.807) is 18.1 Å². The van der Waals surface area contributed by atoms with E-state index in [1.165, 1.54) is 11.0 Å². The lowest BCUT2D eigenvalue weighted by molar-refractivity contribution is 0.758. The SMILES string of the molecule is CCNc1nc(SC(C)C)nc(-n2cncn2)n1. The van der Waals surface area contributed by atoms with Crippen LogP contribution in [-0.4, -0.2) is 41.5 Å². The van der Waals surface area contributed by atoms with Crippen molar-refractivity contribution in [2.75, 3.05) is 11.9 Å². The second-order valence-corrected chi connectivity index (χ2v) is 5.32. The Morgan fingerprint density at radius 1 is 1.33 bits per heavy atom. The zero-order chi connectivity index (χ0) is 13.0. The minimum Gasteiger partial charge on any atom is -0.354 e. The lowest BCUT2D eigenvalue weighted by atomic mass is 10.6. The molecule has 0 atom stereocenters. The van der Waals surface area contributed by atoms with Gasteiger partial charge < -0.3 is 5.32 Å². The molecule has 2 aromatic rings. The molecule has 96 valence electrons. The summed E-state index contributed by atoms with van der Waals surface area (Å²) >= 11 is 1.59. The Bertz CT molecular complexity index is 497.